The van der Waals surface area contributed by atoms with E-state index < -0.39 is 5.41 Å². The largest absolute Gasteiger partial charge is 0.456 e. The van der Waals surface area contributed by atoms with Crippen LogP contribution in [0.5, 0.6) is 0 Å². The Morgan fingerprint density at radius 2 is 0.754 bits per heavy atom. The first-order chi connectivity index (χ1) is 34.3. The maximum atomic E-state index is 6.38. The maximum Gasteiger partial charge on any atom is 0.136 e. The number of para-hydroxylation sites is 1. The molecule has 1 spiro atoms. The van der Waals surface area contributed by atoms with E-state index in [2.05, 4.69) is 254 Å². The van der Waals surface area contributed by atoms with Crippen molar-refractivity contribution in [3.63, 3.8) is 0 Å². The quantitative estimate of drug-likeness (QED) is 0.159. The topological polar surface area (TPSA) is 16.4 Å². The Labute approximate surface area is 401 Å². The molecule has 0 unspecified atom stereocenters. The van der Waals surface area contributed by atoms with Crippen molar-refractivity contribution in [2.45, 2.75) is 5.41 Å². The van der Waals surface area contributed by atoms with Crippen LogP contribution >= 0.6 is 0 Å². The van der Waals surface area contributed by atoms with E-state index in [1.54, 1.807) is 0 Å². The smallest absolute Gasteiger partial charge is 0.136 e. The second-order valence-corrected chi connectivity index (χ2v) is 18.3. The zero-order valence-corrected chi connectivity index (χ0v) is 37.7. The van der Waals surface area contributed by atoms with Crippen LogP contribution in [0, 0.1) is 0 Å². The van der Waals surface area contributed by atoms with Crippen LogP contribution in [-0.4, -0.2) is 0 Å². The third-order valence-corrected chi connectivity index (χ3v) is 14.7. The lowest BCUT2D eigenvalue weighted by molar-refractivity contribution is 0.669. The molecule has 0 bridgehead atoms. The second kappa shape index (κ2) is 15.6. The van der Waals surface area contributed by atoms with E-state index in [-0.39, 0.29) is 0 Å². The lowest BCUT2D eigenvalue weighted by Crippen LogP contribution is -2.26. The van der Waals surface area contributed by atoms with Crippen LogP contribution in [0.2, 0.25) is 0 Å². The van der Waals surface area contributed by atoms with Gasteiger partial charge in [0.2, 0.25) is 0 Å². The Kier molecular flexibility index (Phi) is 8.84. The van der Waals surface area contributed by atoms with E-state index in [9.17, 15) is 0 Å². The first kappa shape index (κ1) is 39.2. The SMILES string of the molecule is c1ccc(-c2ccccc2-c2c(-c3ccccc3)cccc2N(c2ccc(-c3ccc4c(c3)oc3ccccc34)cc2)c2cccc3c2-c2ccccc2C32c3ccccc3-c3ccccc32)cc1. The molecule has 2 aliphatic rings. The average molecular weight is 878 g/mol. The number of anilines is 3. The fourth-order valence-electron chi connectivity index (χ4n) is 11.9. The number of hydrogen-bond donors (Lipinski definition) is 0. The van der Waals surface area contributed by atoms with Gasteiger partial charge in [0.05, 0.1) is 16.8 Å². The number of benzene rings is 11. The summed E-state index contributed by atoms with van der Waals surface area (Å²) < 4.78 is 6.38. The van der Waals surface area contributed by atoms with Crippen molar-refractivity contribution in [2.75, 3.05) is 4.90 Å². The van der Waals surface area contributed by atoms with Gasteiger partial charge in [-0.05, 0) is 120 Å². The van der Waals surface area contributed by atoms with Gasteiger partial charge in [-0.2, -0.15) is 0 Å². The lowest BCUT2D eigenvalue weighted by atomic mass is 9.70. The van der Waals surface area contributed by atoms with Gasteiger partial charge in [0.1, 0.15) is 11.2 Å². The van der Waals surface area contributed by atoms with Gasteiger partial charge in [0, 0.05) is 27.6 Å². The van der Waals surface area contributed by atoms with E-state index in [0.29, 0.717) is 0 Å². The molecule has 0 fully saturated rings. The molecule has 0 saturated heterocycles. The van der Waals surface area contributed by atoms with E-state index in [1.807, 2.05) is 12.1 Å². The highest BCUT2D eigenvalue weighted by Gasteiger charge is 2.52. The zero-order chi connectivity index (χ0) is 45.5. The Morgan fingerprint density at radius 3 is 1.45 bits per heavy atom. The number of hydrogen-bond acceptors (Lipinski definition) is 2. The van der Waals surface area contributed by atoms with Crippen LogP contribution in [-0.2, 0) is 5.41 Å². The van der Waals surface area contributed by atoms with Gasteiger partial charge in [-0.3, -0.25) is 0 Å². The summed E-state index contributed by atoms with van der Waals surface area (Å²) in [6, 6.07) is 95.7. The maximum absolute atomic E-state index is 6.38. The molecule has 2 heteroatoms. The molecule has 322 valence electrons. The van der Waals surface area contributed by atoms with Gasteiger partial charge in [-0.25, -0.2) is 0 Å². The molecule has 0 N–H and O–H groups in total. The number of furan rings is 1. The molecule has 1 aromatic heterocycles. The Bertz CT molecular complexity index is 3910. The first-order valence-corrected chi connectivity index (χ1v) is 23.8. The second-order valence-electron chi connectivity index (χ2n) is 18.3. The van der Waals surface area contributed by atoms with Gasteiger partial charge in [0.25, 0.3) is 0 Å². The third-order valence-electron chi connectivity index (χ3n) is 14.7. The molecule has 2 nitrogen and oxygen atoms in total. The summed E-state index contributed by atoms with van der Waals surface area (Å²) in [5.74, 6) is 0. The Balaban J connectivity index is 1.05. The molecular formula is C67H43NO. The predicted octanol–water partition coefficient (Wildman–Crippen LogP) is 18.1. The van der Waals surface area contributed by atoms with Crippen LogP contribution in [0.4, 0.5) is 17.1 Å². The van der Waals surface area contributed by atoms with E-state index >= 15 is 0 Å². The van der Waals surface area contributed by atoms with Crippen LogP contribution < -0.4 is 4.90 Å². The fraction of sp³-hybridized carbons (Fsp3) is 0.0149. The van der Waals surface area contributed by atoms with Crippen LogP contribution in [0.25, 0.3) is 88.7 Å². The standard InChI is InChI=1S/C67H43NO/c1-3-19-45(20-4-1)49-23-7-8-27-55(49)65-50(46-21-5-2-6-22-46)29-17-34-61(65)68(48-40-37-44(38-41-48)47-39-42-54-53-26-12-16-36-63(53)69-64(54)43-47)62-35-18-33-60-66(62)56-28-11-15-32-59(56)67(60)57-30-13-9-24-51(57)52-25-10-14-31-58(52)67/h1-43H. The number of fused-ring (bicyclic) bond motifs is 13. The van der Waals surface area contributed by atoms with Crippen molar-refractivity contribution >= 4 is 39.0 Å². The summed E-state index contributed by atoms with van der Waals surface area (Å²) in [6.07, 6.45) is 0. The summed E-state index contributed by atoms with van der Waals surface area (Å²) in [6.45, 7) is 0. The highest BCUT2D eigenvalue weighted by atomic mass is 16.3. The highest BCUT2D eigenvalue weighted by molar-refractivity contribution is 6.07. The molecule has 2 aliphatic carbocycles. The van der Waals surface area contributed by atoms with Gasteiger partial charge >= 0.3 is 0 Å². The summed E-state index contributed by atoms with van der Waals surface area (Å²) in [4.78, 5) is 2.54. The third kappa shape index (κ3) is 5.86. The molecular weight excluding hydrogens is 835 g/mol. The van der Waals surface area contributed by atoms with Crippen molar-refractivity contribution in [1.29, 1.82) is 0 Å². The van der Waals surface area contributed by atoms with E-state index in [1.165, 1.54) is 66.8 Å². The predicted molar refractivity (Wildman–Crippen MR) is 286 cm³/mol. The molecule has 14 rings (SSSR count). The molecule has 12 aromatic rings. The molecule has 0 radical (unpaired) electrons. The summed E-state index contributed by atoms with van der Waals surface area (Å²) in [5, 5.41) is 2.26. The van der Waals surface area contributed by atoms with Gasteiger partial charge < -0.3 is 9.32 Å². The number of rotatable bonds is 7. The van der Waals surface area contributed by atoms with E-state index in [4.69, 9.17) is 4.42 Å². The fourth-order valence-corrected chi connectivity index (χ4v) is 11.9. The molecule has 0 aliphatic heterocycles. The minimum atomic E-state index is -0.491. The van der Waals surface area contributed by atoms with Gasteiger partial charge in [0.15, 0.2) is 0 Å². The normalized spacial score (nSPS) is 12.8. The lowest BCUT2D eigenvalue weighted by Gasteiger charge is -2.33. The van der Waals surface area contributed by atoms with Gasteiger partial charge in [-0.1, -0.05) is 218 Å². The van der Waals surface area contributed by atoms with Crippen LogP contribution in [0.15, 0.2) is 265 Å². The molecule has 69 heavy (non-hydrogen) atoms. The van der Waals surface area contributed by atoms with Crippen molar-refractivity contribution in [3.05, 3.63) is 283 Å². The van der Waals surface area contributed by atoms with Crippen LogP contribution in [0.3, 0.4) is 0 Å². The molecule has 0 amide bonds. The van der Waals surface area contributed by atoms with Gasteiger partial charge in [-0.15, -0.1) is 0 Å². The first-order valence-electron chi connectivity index (χ1n) is 23.8. The number of nitrogens with zero attached hydrogens (tertiary/aromatic N) is 1. The minimum Gasteiger partial charge on any atom is -0.456 e. The molecule has 11 aromatic carbocycles. The summed E-state index contributed by atoms with van der Waals surface area (Å²) in [5.41, 5.74) is 24.2. The highest BCUT2D eigenvalue weighted by Crippen LogP contribution is 2.65. The zero-order valence-electron chi connectivity index (χ0n) is 37.7. The van der Waals surface area contributed by atoms with Crippen molar-refractivity contribution in [1.82, 2.24) is 0 Å². The minimum absolute atomic E-state index is 0.491. The van der Waals surface area contributed by atoms with Crippen LogP contribution in [0.1, 0.15) is 22.3 Å². The molecule has 0 saturated carbocycles. The summed E-state index contributed by atoms with van der Waals surface area (Å²) >= 11 is 0. The monoisotopic (exact) mass is 877 g/mol. The molecule has 0 atom stereocenters. The van der Waals surface area contributed by atoms with Crippen molar-refractivity contribution in [3.8, 4) is 66.8 Å². The Hall–Kier alpha value is -8.98. The summed E-state index contributed by atoms with van der Waals surface area (Å²) in [7, 11) is 0. The van der Waals surface area contributed by atoms with Crippen molar-refractivity contribution < 1.29 is 4.42 Å². The molecule has 1 heterocycles. The van der Waals surface area contributed by atoms with Crippen molar-refractivity contribution in [2.24, 2.45) is 0 Å². The Morgan fingerprint density at radius 1 is 0.275 bits per heavy atom. The average Bonchev–Trinajstić information content (AvgIpc) is 4.06. The van der Waals surface area contributed by atoms with E-state index in [0.717, 1.165) is 61.3 Å².